The van der Waals surface area contributed by atoms with Crippen LogP contribution in [0.25, 0.3) is 0 Å². The van der Waals surface area contributed by atoms with Crippen LogP contribution in [0.3, 0.4) is 0 Å². The molecule has 1 aliphatic carbocycles. The summed E-state index contributed by atoms with van der Waals surface area (Å²) in [6.07, 6.45) is 4.69. The van der Waals surface area contributed by atoms with Gasteiger partial charge in [-0.2, -0.15) is 0 Å². The molecule has 0 spiro atoms. The maximum Gasteiger partial charge on any atom is 0.226 e. The van der Waals surface area contributed by atoms with Crippen molar-refractivity contribution in [2.45, 2.75) is 65.1 Å². The van der Waals surface area contributed by atoms with E-state index in [9.17, 15) is 9.90 Å². The molecule has 1 amide bonds. The van der Waals surface area contributed by atoms with Crippen molar-refractivity contribution in [3.05, 3.63) is 12.2 Å². The van der Waals surface area contributed by atoms with E-state index < -0.39 is 5.60 Å². The fourth-order valence-corrected chi connectivity index (χ4v) is 3.36. The molecule has 6 nitrogen and oxygen atoms in total. The molecule has 22 heavy (non-hydrogen) atoms. The van der Waals surface area contributed by atoms with Crippen molar-refractivity contribution in [2.75, 3.05) is 6.54 Å². The molecule has 0 aromatic carbocycles. The first-order valence-electron chi connectivity index (χ1n) is 8.14. The molecule has 0 saturated heterocycles. The summed E-state index contributed by atoms with van der Waals surface area (Å²) in [4.78, 5) is 14.4. The lowest BCUT2D eigenvalue weighted by molar-refractivity contribution is -0.154. The Hall–Kier alpha value is -1.43. The summed E-state index contributed by atoms with van der Waals surface area (Å²) >= 11 is 0. The second-order valence-corrected chi connectivity index (χ2v) is 8.09. The first-order valence-corrected chi connectivity index (χ1v) is 8.14. The molecule has 1 N–H and O–H groups in total. The number of carbonyl (C=O) groups is 1. The number of rotatable bonds is 3. The number of fused-ring (bicyclic) bond motifs is 1. The van der Waals surface area contributed by atoms with E-state index >= 15 is 0 Å². The highest BCUT2D eigenvalue weighted by atomic mass is 16.3. The van der Waals surface area contributed by atoms with Crippen molar-refractivity contribution in [2.24, 2.45) is 11.3 Å². The Morgan fingerprint density at radius 2 is 2.14 bits per heavy atom. The van der Waals surface area contributed by atoms with E-state index in [2.05, 4.69) is 31.0 Å². The summed E-state index contributed by atoms with van der Waals surface area (Å²) in [5.74, 6) is 0.982. The van der Waals surface area contributed by atoms with Gasteiger partial charge >= 0.3 is 0 Å². The van der Waals surface area contributed by atoms with Gasteiger partial charge in [-0.1, -0.05) is 20.8 Å². The van der Waals surface area contributed by atoms with E-state index in [1.165, 1.54) is 0 Å². The largest absolute Gasteiger partial charge is 0.390 e. The summed E-state index contributed by atoms with van der Waals surface area (Å²) in [5.41, 5.74) is -0.412. The third-order valence-electron chi connectivity index (χ3n) is 4.89. The molecular weight excluding hydrogens is 280 g/mol. The third-order valence-corrected chi connectivity index (χ3v) is 4.89. The maximum absolute atomic E-state index is 12.6. The van der Waals surface area contributed by atoms with Crippen LogP contribution < -0.4 is 0 Å². The number of hydrogen-bond acceptors (Lipinski definition) is 4. The van der Waals surface area contributed by atoms with Gasteiger partial charge in [-0.25, -0.2) is 0 Å². The molecule has 0 unspecified atom stereocenters. The number of aromatic nitrogens is 3. The monoisotopic (exact) mass is 306 g/mol. The molecule has 1 fully saturated rings. The normalized spacial score (nSPS) is 28.2. The van der Waals surface area contributed by atoms with Crippen LogP contribution in [0.2, 0.25) is 0 Å². The molecule has 0 radical (unpaired) electrons. The van der Waals surface area contributed by atoms with E-state index in [4.69, 9.17) is 0 Å². The van der Waals surface area contributed by atoms with Crippen LogP contribution in [-0.2, 0) is 17.9 Å². The SMILES string of the molecule is CC(C)(C)CCC1(O)CC(C(=O)N2CCn3cnnc3C2)C1. The van der Waals surface area contributed by atoms with Crippen LogP contribution in [0, 0.1) is 11.3 Å². The summed E-state index contributed by atoms with van der Waals surface area (Å²) < 4.78 is 1.99. The van der Waals surface area contributed by atoms with Crippen molar-refractivity contribution >= 4 is 5.91 Å². The van der Waals surface area contributed by atoms with Crippen molar-refractivity contribution in [1.29, 1.82) is 0 Å². The molecule has 1 aromatic rings. The number of aliphatic hydroxyl groups is 1. The van der Waals surface area contributed by atoms with Gasteiger partial charge in [0.2, 0.25) is 5.91 Å². The van der Waals surface area contributed by atoms with Crippen LogP contribution in [-0.4, -0.2) is 42.8 Å². The Labute approximate surface area is 131 Å². The first-order chi connectivity index (χ1) is 10.3. The second-order valence-electron chi connectivity index (χ2n) is 8.09. The minimum atomic E-state index is -0.635. The lowest BCUT2D eigenvalue weighted by atomic mass is 9.66. The number of carbonyl (C=O) groups excluding carboxylic acids is 1. The lowest BCUT2D eigenvalue weighted by Gasteiger charge is -2.45. The fraction of sp³-hybridized carbons (Fsp3) is 0.812. The predicted octanol–water partition coefficient (Wildman–Crippen LogP) is 1.59. The molecule has 1 aromatic heterocycles. The van der Waals surface area contributed by atoms with Gasteiger partial charge in [0, 0.05) is 19.0 Å². The molecule has 3 rings (SSSR count). The van der Waals surface area contributed by atoms with Gasteiger partial charge < -0.3 is 14.6 Å². The van der Waals surface area contributed by atoms with Gasteiger partial charge in [-0.05, 0) is 31.1 Å². The molecular formula is C16H26N4O2. The molecule has 2 heterocycles. The topological polar surface area (TPSA) is 71.2 Å². The summed E-state index contributed by atoms with van der Waals surface area (Å²) in [7, 11) is 0. The van der Waals surface area contributed by atoms with Crippen LogP contribution in [0.15, 0.2) is 6.33 Å². The zero-order valence-electron chi connectivity index (χ0n) is 13.7. The van der Waals surface area contributed by atoms with Gasteiger partial charge in [-0.3, -0.25) is 4.79 Å². The highest BCUT2D eigenvalue weighted by molar-refractivity contribution is 5.80. The summed E-state index contributed by atoms with van der Waals surface area (Å²) in [6.45, 7) is 8.55. The smallest absolute Gasteiger partial charge is 0.226 e. The Kier molecular flexibility index (Phi) is 3.75. The van der Waals surface area contributed by atoms with Gasteiger partial charge in [0.05, 0.1) is 12.1 Å². The summed E-state index contributed by atoms with van der Waals surface area (Å²) in [5, 5.41) is 18.4. The molecule has 0 atom stereocenters. The highest BCUT2D eigenvalue weighted by Gasteiger charge is 2.47. The zero-order valence-corrected chi connectivity index (χ0v) is 13.7. The fourth-order valence-electron chi connectivity index (χ4n) is 3.36. The predicted molar refractivity (Wildman–Crippen MR) is 81.8 cm³/mol. The van der Waals surface area contributed by atoms with E-state index in [1.807, 2.05) is 9.47 Å². The van der Waals surface area contributed by atoms with Crippen LogP contribution in [0.1, 0.15) is 52.3 Å². The Morgan fingerprint density at radius 3 is 2.82 bits per heavy atom. The average molecular weight is 306 g/mol. The quantitative estimate of drug-likeness (QED) is 0.920. The maximum atomic E-state index is 12.6. The van der Waals surface area contributed by atoms with Crippen molar-refractivity contribution in [3.8, 4) is 0 Å². The molecule has 1 saturated carbocycles. The van der Waals surface area contributed by atoms with Crippen molar-refractivity contribution in [3.63, 3.8) is 0 Å². The van der Waals surface area contributed by atoms with Crippen molar-refractivity contribution < 1.29 is 9.90 Å². The van der Waals surface area contributed by atoms with Gasteiger partial charge in [0.25, 0.3) is 0 Å². The van der Waals surface area contributed by atoms with E-state index in [1.54, 1.807) is 6.33 Å². The standard InChI is InChI=1S/C16H26N4O2/c1-15(2,3)4-5-16(22)8-12(9-16)14(21)19-6-7-20-11-17-18-13(20)10-19/h11-12,22H,4-10H2,1-3H3. The van der Waals surface area contributed by atoms with Gasteiger partial charge in [0.15, 0.2) is 5.82 Å². The first kappa shape index (κ1) is 15.5. The zero-order chi connectivity index (χ0) is 16.0. The molecule has 122 valence electrons. The van der Waals surface area contributed by atoms with Gasteiger partial charge in [-0.15, -0.1) is 10.2 Å². The van der Waals surface area contributed by atoms with Crippen LogP contribution >= 0.6 is 0 Å². The number of hydrogen-bond donors (Lipinski definition) is 1. The number of nitrogens with zero attached hydrogens (tertiary/aromatic N) is 4. The Morgan fingerprint density at radius 1 is 1.41 bits per heavy atom. The van der Waals surface area contributed by atoms with E-state index in [-0.39, 0.29) is 17.2 Å². The lowest BCUT2D eigenvalue weighted by Crippen LogP contribution is -2.52. The third kappa shape index (κ3) is 3.16. The minimum Gasteiger partial charge on any atom is -0.390 e. The van der Waals surface area contributed by atoms with Crippen LogP contribution in [0.4, 0.5) is 0 Å². The Balaban J connectivity index is 1.51. The van der Waals surface area contributed by atoms with Gasteiger partial charge in [0.1, 0.15) is 6.33 Å². The average Bonchev–Trinajstić information content (AvgIpc) is 2.87. The Bertz CT molecular complexity index is 555. The number of amides is 1. The van der Waals surface area contributed by atoms with E-state index in [0.717, 1.165) is 25.2 Å². The highest BCUT2D eigenvalue weighted by Crippen LogP contribution is 2.44. The molecule has 0 bridgehead atoms. The molecule has 1 aliphatic heterocycles. The molecule has 6 heteroatoms. The van der Waals surface area contributed by atoms with E-state index in [0.29, 0.717) is 25.9 Å². The molecule has 2 aliphatic rings. The van der Waals surface area contributed by atoms with Crippen LogP contribution in [0.5, 0.6) is 0 Å². The van der Waals surface area contributed by atoms with Crippen molar-refractivity contribution in [1.82, 2.24) is 19.7 Å². The second kappa shape index (κ2) is 5.33. The summed E-state index contributed by atoms with van der Waals surface area (Å²) in [6, 6.07) is 0. The minimum absolute atomic E-state index is 0.0283.